The first-order valence-electron chi connectivity index (χ1n) is 8.38. The molecule has 25 heavy (non-hydrogen) atoms. The van der Waals surface area contributed by atoms with Gasteiger partial charge in [-0.2, -0.15) is 0 Å². The minimum atomic E-state index is -0.198. The number of hydrogen-bond donors (Lipinski definition) is 2. The molecule has 1 atom stereocenters. The highest BCUT2D eigenvalue weighted by molar-refractivity contribution is 8.00. The van der Waals surface area contributed by atoms with E-state index in [1.54, 1.807) is 7.11 Å². The van der Waals surface area contributed by atoms with Crippen LogP contribution in [0.25, 0.3) is 0 Å². The number of benzene rings is 2. The smallest absolute Gasteiger partial charge is 0.230 e. The predicted octanol–water partition coefficient (Wildman–Crippen LogP) is 3.73. The van der Waals surface area contributed by atoms with Crippen LogP contribution in [0.3, 0.4) is 0 Å². The van der Waals surface area contributed by atoms with E-state index in [-0.39, 0.29) is 11.9 Å². The Bertz CT molecular complexity index is 669. The van der Waals surface area contributed by atoms with Crippen molar-refractivity contribution in [3.63, 3.8) is 0 Å². The number of thioether (sulfide) groups is 1. The molecule has 0 aliphatic rings. The van der Waals surface area contributed by atoms with Crippen LogP contribution < -0.4 is 15.8 Å². The second kappa shape index (κ2) is 9.49. The van der Waals surface area contributed by atoms with E-state index in [9.17, 15) is 4.79 Å². The van der Waals surface area contributed by atoms with Crippen molar-refractivity contribution in [2.45, 2.75) is 30.7 Å². The molecule has 0 fully saturated rings. The first kappa shape index (κ1) is 19.3. The van der Waals surface area contributed by atoms with Gasteiger partial charge in [-0.05, 0) is 41.3 Å². The lowest BCUT2D eigenvalue weighted by Crippen LogP contribution is -2.33. The molecule has 2 rings (SSSR count). The standard InChI is InChI=1S/C20H26N2O2S/c1-14(2)15-4-6-16(7-5-15)19(21)12-22-20(23)13-25-18-10-8-17(24-3)9-11-18/h4-11,14,19H,12-13,21H2,1-3H3,(H,22,23). The lowest BCUT2D eigenvalue weighted by atomic mass is 9.99. The van der Waals surface area contributed by atoms with Crippen molar-refractivity contribution in [1.29, 1.82) is 0 Å². The van der Waals surface area contributed by atoms with Crippen LogP contribution >= 0.6 is 11.8 Å². The first-order chi connectivity index (χ1) is 12.0. The molecule has 1 amide bonds. The Hall–Kier alpha value is -1.98. The predicted molar refractivity (Wildman–Crippen MR) is 104 cm³/mol. The van der Waals surface area contributed by atoms with Gasteiger partial charge >= 0.3 is 0 Å². The summed E-state index contributed by atoms with van der Waals surface area (Å²) in [6.07, 6.45) is 0. The normalized spacial score (nSPS) is 12.0. The van der Waals surface area contributed by atoms with Crippen molar-refractivity contribution < 1.29 is 9.53 Å². The second-order valence-corrected chi connectivity index (χ2v) is 7.24. The molecule has 134 valence electrons. The maximum atomic E-state index is 12.0. The van der Waals surface area contributed by atoms with Crippen molar-refractivity contribution >= 4 is 17.7 Å². The zero-order valence-corrected chi connectivity index (χ0v) is 15.8. The molecule has 0 bridgehead atoms. The summed E-state index contributed by atoms with van der Waals surface area (Å²) in [5, 5.41) is 2.90. The van der Waals surface area contributed by atoms with Crippen LogP contribution in [0.4, 0.5) is 0 Å². The molecule has 2 aromatic rings. The number of nitrogens with one attached hydrogen (secondary N) is 1. The van der Waals surface area contributed by atoms with E-state index in [1.807, 2.05) is 36.4 Å². The minimum Gasteiger partial charge on any atom is -0.497 e. The quantitative estimate of drug-likeness (QED) is 0.706. The molecule has 0 radical (unpaired) electrons. The number of carbonyl (C=O) groups is 1. The largest absolute Gasteiger partial charge is 0.497 e. The summed E-state index contributed by atoms with van der Waals surface area (Å²) < 4.78 is 5.12. The number of hydrogen-bond acceptors (Lipinski definition) is 4. The van der Waals surface area contributed by atoms with Crippen LogP contribution in [0.1, 0.15) is 36.9 Å². The molecule has 1 unspecified atom stereocenters. The van der Waals surface area contributed by atoms with Gasteiger partial charge in [-0.3, -0.25) is 4.79 Å². The summed E-state index contributed by atoms with van der Waals surface area (Å²) >= 11 is 1.49. The average Bonchev–Trinajstić information content (AvgIpc) is 2.64. The fourth-order valence-corrected chi connectivity index (χ4v) is 3.07. The maximum absolute atomic E-state index is 12.0. The van der Waals surface area contributed by atoms with Gasteiger partial charge in [-0.1, -0.05) is 38.1 Å². The summed E-state index contributed by atoms with van der Waals surface area (Å²) in [5.74, 6) is 1.66. The molecule has 0 heterocycles. The molecule has 0 spiro atoms. The SMILES string of the molecule is COc1ccc(SCC(=O)NCC(N)c2ccc(C(C)C)cc2)cc1. The molecule has 0 saturated carbocycles. The molecule has 0 aromatic heterocycles. The van der Waals surface area contributed by atoms with E-state index in [4.69, 9.17) is 10.5 Å². The maximum Gasteiger partial charge on any atom is 0.230 e. The van der Waals surface area contributed by atoms with Crippen molar-refractivity contribution in [2.75, 3.05) is 19.4 Å². The Balaban J connectivity index is 1.76. The summed E-state index contributed by atoms with van der Waals surface area (Å²) in [6, 6.07) is 15.7. The van der Waals surface area contributed by atoms with E-state index < -0.39 is 0 Å². The third kappa shape index (κ3) is 6.11. The fraction of sp³-hybridized carbons (Fsp3) is 0.350. The third-order valence-electron chi connectivity index (χ3n) is 3.98. The van der Waals surface area contributed by atoms with Gasteiger partial charge in [0.1, 0.15) is 5.75 Å². The lowest BCUT2D eigenvalue weighted by Gasteiger charge is -2.14. The summed E-state index contributed by atoms with van der Waals surface area (Å²) in [4.78, 5) is 13.0. The van der Waals surface area contributed by atoms with Gasteiger partial charge in [0.15, 0.2) is 0 Å². The lowest BCUT2D eigenvalue weighted by molar-refractivity contribution is -0.118. The highest BCUT2D eigenvalue weighted by atomic mass is 32.2. The summed E-state index contributed by atoms with van der Waals surface area (Å²) in [5.41, 5.74) is 8.50. The average molecular weight is 359 g/mol. The molecule has 0 aliphatic heterocycles. The van der Waals surface area contributed by atoms with E-state index >= 15 is 0 Å². The van der Waals surface area contributed by atoms with Crippen molar-refractivity contribution in [2.24, 2.45) is 5.73 Å². The Morgan fingerprint density at radius 1 is 1.08 bits per heavy atom. The van der Waals surface area contributed by atoms with Crippen LogP contribution in [0, 0.1) is 0 Å². The zero-order valence-electron chi connectivity index (χ0n) is 15.0. The summed E-state index contributed by atoms with van der Waals surface area (Å²) in [6.45, 7) is 4.76. The van der Waals surface area contributed by atoms with Gasteiger partial charge in [0.05, 0.1) is 12.9 Å². The Labute approximate surface area is 154 Å². The molecule has 4 nitrogen and oxygen atoms in total. The van der Waals surface area contributed by atoms with Crippen LogP contribution in [0.15, 0.2) is 53.4 Å². The molecule has 0 aliphatic carbocycles. The third-order valence-corrected chi connectivity index (χ3v) is 4.99. The number of methoxy groups -OCH3 is 1. The monoisotopic (exact) mass is 358 g/mol. The van der Waals surface area contributed by atoms with Crippen LogP contribution in [0.5, 0.6) is 5.75 Å². The molecule has 0 saturated heterocycles. The topological polar surface area (TPSA) is 64.3 Å². The Morgan fingerprint density at radius 2 is 1.68 bits per heavy atom. The van der Waals surface area contributed by atoms with Gasteiger partial charge in [0.25, 0.3) is 0 Å². The van der Waals surface area contributed by atoms with E-state index in [0.29, 0.717) is 18.2 Å². The van der Waals surface area contributed by atoms with Gasteiger partial charge in [-0.25, -0.2) is 0 Å². The highest BCUT2D eigenvalue weighted by Crippen LogP contribution is 2.21. The number of ether oxygens (including phenoxy) is 1. The molecular weight excluding hydrogens is 332 g/mol. The molecule has 2 aromatic carbocycles. The van der Waals surface area contributed by atoms with Gasteiger partial charge in [0.2, 0.25) is 5.91 Å². The Morgan fingerprint density at radius 3 is 2.24 bits per heavy atom. The number of carbonyl (C=O) groups excluding carboxylic acids is 1. The van der Waals surface area contributed by atoms with Crippen molar-refractivity contribution in [3.05, 3.63) is 59.7 Å². The van der Waals surface area contributed by atoms with E-state index in [2.05, 4.69) is 31.3 Å². The van der Waals surface area contributed by atoms with Crippen LogP contribution in [-0.4, -0.2) is 25.3 Å². The number of rotatable bonds is 8. The van der Waals surface area contributed by atoms with Gasteiger partial charge in [-0.15, -0.1) is 11.8 Å². The van der Waals surface area contributed by atoms with Crippen molar-refractivity contribution in [1.82, 2.24) is 5.32 Å². The van der Waals surface area contributed by atoms with E-state index in [0.717, 1.165) is 16.2 Å². The zero-order chi connectivity index (χ0) is 18.2. The fourth-order valence-electron chi connectivity index (χ4n) is 2.34. The second-order valence-electron chi connectivity index (χ2n) is 6.20. The minimum absolute atomic E-state index is 0.0185. The highest BCUT2D eigenvalue weighted by Gasteiger charge is 2.09. The van der Waals surface area contributed by atoms with Crippen molar-refractivity contribution in [3.8, 4) is 5.75 Å². The van der Waals surface area contributed by atoms with Gasteiger partial charge in [0, 0.05) is 17.5 Å². The number of amides is 1. The van der Waals surface area contributed by atoms with E-state index in [1.165, 1.54) is 17.3 Å². The summed E-state index contributed by atoms with van der Waals surface area (Å²) in [7, 11) is 1.63. The Kier molecular flexibility index (Phi) is 7.34. The molecule has 3 N–H and O–H groups in total. The first-order valence-corrected chi connectivity index (χ1v) is 9.37. The van der Waals surface area contributed by atoms with Gasteiger partial charge < -0.3 is 15.8 Å². The number of nitrogens with two attached hydrogens (primary N) is 1. The molecule has 5 heteroatoms. The van der Waals surface area contributed by atoms with Crippen LogP contribution in [0.2, 0.25) is 0 Å². The van der Waals surface area contributed by atoms with Crippen LogP contribution in [-0.2, 0) is 4.79 Å². The molecular formula is C20H26N2O2S.